The number of hydrogen-bond donors (Lipinski definition) is 1. The van der Waals surface area contributed by atoms with Gasteiger partial charge in [-0.25, -0.2) is 0 Å². The molecule has 0 radical (unpaired) electrons. The molecule has 1 saturated carbocycles. The van der Waals surface area contributed by atoms with Gasteiger partial charge in [-0.15, -0.1) is 0 Å². The third kappa shape index (κ3) is 1.81. The van der Waals surface area contributed by atoms with Crippen molar-refractivity contribution in [1.82, 2.24) is 4.98 Å². The molecule has 0 spiro atoms. The SMILES string of the molecule is N#CC1(C(=O)Nc2ccncc2Br)CCC1. The monoisotopic (exact) mass is 279 g/mol. The van der Waals surface area contributed by atoms with Crippen molar-refractivity contribution < 1.29 is 4.79 Å². The van der Waals surface area contributed by atoms with Crippen LogP contribution in [0.4, 0.5) is 5.69 Å². The Morgan fingerprint density at radius 1 is 1.62 bits per heavy atom. The van der Waals surface area contributed by atoms with E-state index in [9.17, 15) is 4.79 Å². The minimum absolute atomic E-state index is 0.215. The molecule has 1 fully saturated rings. The van der Waals surface area contributed by atoms with Crippen LogP contribution >= 0.6 is 15.9 Å². The third-order valence-electron chi connectivity index (χ3n) is 2.88. The van der Waals surface area contributed by atoms with Crippen molar-refractivity contribution in [2.45, 2.75) is 19.3 Å². The summed E-state index contributed by atoms with van der Waals surface area (Å²) in [4.78, 5) is 15.8. The smallest absolute Gasteiger partial charge is 0.244 e. The van der Waals surface area contributed by atoms with Gasteiger partial charge in [0.15, 0.2) is 0 Å². The second kappa shape index (κ2) is 4.22. The Labute approximate surface area is 102 Å². The summed E-state index contributed by atoms with van der Waals surface area (Å²) in [6.07, 6.45) is 5.45. The zero-order valence-electron chi connectivity index (χ0n) is 8.53. The summed E-state index contributed by atoms with van der Waals surface area (Å²) in [5.74, 6) is -0.215. The van der Waals surface area contributed by atoms with Gasteiger partial charge in [-0.2, -0.15) is 5.26 Å². The van der Waals surface area contributed by atoms with Gasteiger partial charge in [-0.1, -0.05) is 0 Å². The van der Waals surface area contributed by atoms with E-state index in [4.69, 9.17) is 5.26 Å². The van der Waals surface area contributed by atoms with Gasteiger partial charge in [0.2, 0.25) is 5.91 Å². The van der Waals surface area contributed by atoms with Gasteiger partial charge in [-0.3, -0.25) is 9.78 Å². The largest absolute Gasteiger partial charge is 0.324 e. The number of carbonyl (C=O) groups excluding carboxylic acids is 1. The predicted molar refractivity (Wildman–Crippen MR) is 62.5 cm³/mol. The number of nitrogens with zero attached hydrogens (tertiary/aromatic N) is 2. The molecule has 16 heavy (non-hydrogen) atoms. The first-order valence-electron chi connectivity index (χ1n) is 5.00. The Hall–Kier alpha value is -1.41. The number of aromatic nitrogens is 1. The fourth-order valence-electron chi connectivity index (χ4n) is 1.64. The van der Waals surface area contributed by atoms with Crippen molar-refractivity contribution in [2.24, 2.45) is 5.41 Å². The Balaban J connectivity index is 2.14. The molecule has 1 aliphatic carbocycles. The maximum absolute atomic E-state index is 11.9. The molecule has 1 N–H and O–H groups in total. The molecule has 1 aromatic rings. The van der Waals surface area contributed by atoms with Crippen molar-refractivity contribution in [2.75, 3.05) is 5.32 Å². The number of carbonyl (C=O) groups is 1. The summed E-state index contributed by atoms with van der Waals surface area (Å²) in [6.45, 7) is 0. The molecule has 0 saturated heterocycles. The Morgan fingerprint density at radius 2 is 2.38 bits per heavy atom. The summed E-state index contributed by atoms with van der Waals surface area (Å²) in [5.41, 5.74) is -0.163. The van der Waals surface area contributed by atoms with Gasteiger partial charge in [0.25, 0.3) is 0 Å². The van der Waals surface area contributed by atoms with Crippen molar-refractivity contribution in [3.8, 4) is 6.07 Å². The van der Waals surface area contributed by atoms with Crippen LogP contribution < -0.4 is 5.32 Å². The lowest BCUT2D eigenvalue weighted by atomic mass is 9.69. The maximum Gasteiger partial charge on any atom is 0.244 e. The van der Waals surface area contributed by atoms with Crippen LogP contribution in [0, 0.1) is 16.7 Å². The molecule has 0 bridgehead atoms. The zero-order chi connectivity index (χ0) is 11.6. The van der Waals surface area contributed by atoms with Crippen LogP contribution in [0.1, 0.15) is 19.3 Å². The van der Waals surface area contributed by atoms with E-state index < -0.39 is 5.41 Å². The molecule has 1 heterocycles. The predicted octanol–water partition coefficient (Wildman–Crippen LogP) is 2.48. The topological polar surface area (TPSA) is 65.8 Å². The highest BCUT2D eigenvalue weighted by Crippen LogP contribution is 2.41. The molecule has 5 heteroatoms. The number of halogens is 1. The highest BCUT2D eigenvalue weighted by atomic mass is 79.9. The molecule has 1 amide bonds. The highest BCUT2D eigenvalue weighted by molar-refractivity contribution is 9.10. The van der Waals surface area contributed by atoms with Gasteiger partial charge >= 0.3 is 0 Å². The number of anilines is 1. The van der Waals surface area contributed by atoms with Crippen LogP contribution in [0.3, 0.4) is 0 Å². The van der Waals surface area contributed by atoms with E-state index in [0.29, 0.717) is 18.5 Å². The quantitative estimate of drug-likeness (QED) is 0.905. The Morgan fingerprint density at radius 3 is 2.88 bits per heavy atom. The highest BCUT2D eigenvalue weighted by Gasteiger charge is 2.44. The van der Waals surface area contributed by atoms with Crippen molar-refractivity contribution in [3.63, 3.8) is 0 Å². The molecule has 1 aliphatic rings. The molecule has 0 aromatic carbocycles. The third-order valence-corrected chi connectivity index (χ3v) is 3.51. The molecule has 0 unspecified atom stereocenters. The van der Waals surface area contributed by atoms with Crippen molar-refractivity contribution in [1.29, 1.82) is 5.26 Å². The first-order valence-corrected chi connectivity index (χ1v) is 5.79. The summed E-state index contributed by atoms with van der Waals surface area (Å²) in [6, 6.07) is 3.81. The van der Waals surface area contributed by atoms with E-state index in [0.717, 1.165) is 10.9 Å². The normalized spacial score (nSPS) is 17.0. The number of amides is 1. The van der Waals surface area contributed by atoms with Crippen molar-refractivity contribution >= 4 is 27.5 Å². The fraction of sp³-hybridized carbons (Fsp3) is 0.364. The second-order valence-corrected chi connectivity index (χ2v) is 4.71. The summed E-state index contributed by atoms with van der Waals surface area (Å²) in [7, 11) is 0. The minimum Gasteiger partial charge on any atom is -0.324 e. The summed E-state index contributed by atoms with van der Waals surface area (Å²) in [5, 5.41) is 11.8. The minimum atomic E-state index is -0.817. The van der Waals surface area contributed by atoms with E-state index in [-0.39, 0.29) is 5.91 Å². The first kappa shape index (κ1) is 11.1. The van der Waals surface area contributed by atoms with Crippen LogP contribution in [0.5, 0.6) is 0 Å². The Bertz CT molecular complexity index is 463. The molecular weight excluding hydrogens is 270 g/mol. The van der Waals surface area contributed by atoms with E-state index in [2.05, 4.69) is 32.3 Å². The number of pyridine rings is 1. The van der Waals surface area contributed by atoms with E-state index in [1.807, 2.05) is 0 Å². The van der Waals surface area contributed by atoms with Crippen molar-refractivity contribution in [3.05, 3.63) is 22.9 Å². The first-order chi connectivity index (χ1) is 7.68. The van der Waals surface area contributed by atoms with Crippen LogP contribution in [0.25, 0.3) is 0 Å². The molecule has 1 aromatic heterocycles. The second-order valence-electron chi connectivity index (χ2n) is 3.86. The van der Waals surface area contributed by atoms with Gasteiger partial charge in [0.05, 0.1) is 16.2 Å². The lowest BCUT2D eigenvalue weighted by Gasteiger charge is -2.33. The van der Waals surface area contributed by atoms with Crippen LogP contribution in [0.15, 0.2) is 22.9 Å². The van der Waals surface area contributed by atoms with Crippen LogP contribution in [-0.4, -0.2) is 10.9 Å². The zero-order valence-corrected chi connectivity index (χ0v) is 10.1. The fourth-order valence-corrected chi connectivity index (χ4v) is 1.99. The standard InChI is InChI=1S/C11H10BrN3O/c12-8-6-14-5-2-9(8)15-10(16)11(7-13)3-1-4-11/h2,5-6H,1,3-4H2,(H,14,15,16). The molecule has 4 nitrogen and oxygen atoms in total. The molecular formula is C11H10BrN3O. The number of nitrogens with one attached hydrogen (secondary N) is 1. The van der Waals surface area contributed by atoms with Crippen LogP contribution in [0.2, 0.25) is 0 Å². The number of hydrogen-bond acceptors (Lipinski definition) is 3. The summed E-state index contributed by atoms with van der Waals surface area (Å²) >= 11 is 3.29. The lowest BCUT2D eigenvalue weighted by molar-refractivity contribution is -0.126. The maximum atomic E-state index is 11.9. The average Bonchev–Trinajstić information content (AvgIpc) is 2.21. The van der Waals surface area contributed by atoms with Gasteiger partial charge in [-0.05, 0) is 41.3 Å². The van der Waals surface area contributed by atoms with Gasteiger partial charge < -0.3 is 5.32 Å². The van der Waals surface area contributed by atoms with Crippen LogP contribution in [-0.2, 0) is 4.79 Å². The van der Waals surface area contributed by atoms with E-state index in [1.54, 1.807) is 18.5 Å². The molecule has 2 rings (SSSR count). The number of rotatable bonds is 2. The number of nitriles is 1. The molecule has 82 valence electrons. The lowest BCUT2D eigenvalue weighted by Crippen LogP contribution is -2.40. The van der Waals surface area contributed by atoms with Gasteiger partial charge in [0, 0.05) is 12.4 Å². The van der Waals surface area contributed by atoms with Gasteiger partial charge in [0.1, 0.15) is 5.41 Å². The molecule has 0 atom stereocenters. The summed E-state index contributed by atoms with van der Waals surface area (Å²) < 4.78 is 0.718. The average molecular weight is 280 g/mol. The Kier molecular flexibility index (Phi) is 2.92. The van der Waals surface area contributed by atoms with E-state index >= 15 is 0 Å². The molecule has 0 aliphatic heterocycles. The van der Waals surface area contributed by atoms with E-state index in [1.165, 1.54) is 0 Å².